The molecule has 0 unspecified atom stereocenters. The number of aliphatic hydroxyl groups is 2. The Labute approximate surface area is 74.5 Å². The standard InChI is InChI=1S/C3H6O.C2H3N.C2H6O.CH4O/c1-3(2)4;2*1-2-3;1-2/h1-2H3;1H3;3H,2H2,1H3;2H,1H3. The third-order valence-corrected chi connectivity index (χ3v) is 0. The van der Waals surface area contributed by atoms with Crippen LogP contribution in [0.2, 0.25) is 0 Å². The van der Waals surface area contributed by atoms with Gasteiger partial charge in [0.05, 0.1) is 6.07 Å². The molecule has 12 heavy (non-hydrogen) atoms. The van der Waals surface area contributed by atoms with Crippen LogP contribution in [0, 0.1) is 11.3 Å². The van der Waals surface area contributed by atoms with E-state index in [1.54, 1.807) is 13.0 Å². The van der Waals surface area contributed by atoms with Gasteiger partial charge >= 0.3 is 0 Å². The molecule has 0 aliphatic rings. The average molecular weight is 177 g/mol. The van der Waals surface area contributed by atoms with Crippen LogP contribution in [0.4, 0.5) is 0 Å². The lowest BCUT2D eigenvalue weighted by atomic mass is 10.6. The van der Waals surface area contributed by atoms with Crippen LogP contribution in [0.3, 0.4) is 0 Å². The van der Waals surface area contributed by atoms with E-state index in [2.05, 4.69) is 0 Å². The molecule has 74 valence electrons. The van der Waals surface area contributed by atoms with E-state index in [4.69, 9.17) is 15.5 Å². The van der Waals surface area contributed by atoms with E-state index >= 15 is 0 Å². The number of nitriles is 1. The Morgan fingerprint density at radius 1 is 1.42 bits per heavy atom. The highest BCUT2D eigenvalue weighted by Crippen LogP contribution is 1.50. The number of carbonyl (C=O) groups excluding carboxylic acids is 1. The number of ketones is 1. The fourth-order valence-corrected chi connectivity index (χ4v) is 0. The van der Waals surface area contributed by atoms with Crippen molar-refractivity contribution in [1.29, 1.82) is 5.26 Å². The quantitative estimate of drug-likeness (QED) is 0.571. The van der Waals surface area contributed by atoms with Crippen molar-refractivity contribution in [2.24, 2.45) is 0 Å². The molecule has 0 heterocycles. The molecule has 4 nitrogen and oxygen atoms in total. The molecule has 0 aromatic heterocycles. The second-order valence-electron chi connectivity index (χ2n) is 1.45. The number of aliphatic hydroxyl groups excluding tert-OH is 2. The van der Waals surface area contributed by atoms with E-state index in [-0.39, 0.29) is 12.4 Å². The van der Waals surface area contributed by atoms with Crippen LogP contribution in [0.5, 0.6) is 0 Å². The van der Waals surface area contributed by atoms with Crippen LogP contribution in [0.1, 0.15) is 27.7 Å². The van der Waals surface area contributed by atoms with Gasteiger partial charge in [0.2, 0.25) is 0 Å². The van der Waals surface area contributed by atoms with Gasteiger partial charge in [-0.05, 0) is 20.8 Å². The Hall–Kier alpha value is -0.920. The van der Waals surface area contributed by atoms with Gasteiger partial charge in [-0.3, -0.25) is 0 Å². The summed E-state index contributed by atoms with van der Waals surface area (Å²) in [6.07, 6.45) is 0. The predicted octanol–water partition coefficient (Wildman–Crippen LogP) is 0.732. The molecule has 0 aliphatic carbocycles. The summed E-state index contributed by atoms with van der Waals surface area (Å²) >= 11 is 0. The van der Waals surface area contributed by atoms with Crippen molar-refractivity contribution in [3.8, 4) is 6.07 Å². The molecule has 0 saturated carbocycles. The smallest absolute Gasteiger partial charge is 0.126 e. The Kier molecular flexibility index (Phi) is 93.4. The third kappa shape index (κ3) is 700. The molecule has 0 spiro atoms. The SMILES string of the molecule is CC#N.CC(C)=O.CCO.CO. The van der Waals surface area contributed by atoms with Crippen molar-refractivity contribution in [2.45, 2.75) is 27.7 Å². The first kappa shape index (κ1) is 22.5. The summed E-state index contributed by atoms with van der Waals surface area (Å²) in [5.74, 6) is 0.167. The molecule has 0 rings (SSSR count). The molecule has 0 radical (unpaired) electrons. The number of rotatable bonds is 0. The number of hydrogen-bond donors (Lipinski definition) is 2. The lowest BCUT2D eigenvalue weighted by Crippen LogP contribution is -1.69. The molecule has 0 aromatic rings. The van der Waals surface area contributed by atoms with Crippen LogP contribution in [-0.2, 0) is 4.79 Å². The highest BCUT2D eigenvalue weighted by molar-refractivity contribution is 5.72. The summed E-state index contributed by atoms with van der Waals surface area (Å²) in [4.78, 5) is 9.44. The van der Waals surface area contributed by atoms with Crippen molar-refractivity contribution >= 4 is 5.78 Å². The van der Waals surface area contributed by atoms with Gasteiger partial charge in [0.25, 0.3) is 0 Å². The maximum Gasteiger partial charge on any atom is 0.126 e. The minimum absolute atomic E-state index is 0.167. The number of nitrogens with zero attached hydrogens (tertiary/aromatic N) is 1. The fourth-order valence-electron chi connectivity index (χ4n) is 0. The largest absolute Gasteiger partial charge is 0.400 e. The maximum absolute atomic E-state index is 9.44. The molecule has 0 atom stereocenters. The minimum Gasteiger partial charge on any atom is -0.400 e. The van der Waals surface area contributed by atoms with Crippen LogP contribution < -0.4 is 0 Å². The number of hydrogen-bond acceptors (Lipinski definition) is 4. The first-order chi connectivity index (χ1) is 5.56. The first-order valence-corrected chi connectivity index (χ1v) is 3.40. The normalized spacial score (nSPS) is 4.83. The van der Waals surface area contributed by atoms with Crippen LogP contribution in [0.25, 0.3) is 0 Å². The van der Waals surface area contributed by atoms with E-state index in [9.17, 15) is 4.79 Å². The van der Waals surface area contributed by atoms with E-state index in [1.807, 2.05) is 0 Å². The number of carbonyl (C=O) groups is 1. The second kappa shape index (κ2) is 49.9. The summed E-state index contributed by atoms with van der Waals surface area (Å²) in [6, 6.07) is 1.75. The molecule has 0 aromatic carbocycles. The molecule has 2 N–H and O–H groups in total. The van der Waals surface area contributed by atoms with Gasteiger partial charge in [0.1, 0.15) is 5.78 Å². The summed E-state index contributed by atoms with van der Waals surface area (Å²) in [5, 5.41) is 21.9. The Morgan fingerprint density at radius 3 is 1.42 bits per heavy atom. The molecule has 0 amide bonds. The molecular formula is C8H19NO3. The van der Waals surface area contributed by atoms with Gasteiger partial charge in [0, 0.05) is 20.6 Å². The molecule has 0 saturated heterocycles. The topological polar surface area (TPSA) is 81.3 Å². The Morgan fingerprint density at radius 2 is 1.42 bits per heavy atom. The van der Waals surface area contributed by atoms with Crippen molar-refractivity contribution in [3.05, 3.63) is 0 Å². The molecule has 0 fully saturated rings. The minimum atomic E-state index is 0.167. The lowest BCUT2D eigenvalue weighted by Gasteiger charge is -1.56. The Balaban J connectivity index is -0.0000000368. The Bertz CT molecular complexity index is 93.0. The van der Waals surface area contributed by atoms with Crippen molar-refractivity contribution < 1.29 is 15.0 Å². The average Bonchev–Trinajstić information content (AvgIpc) is 1.92. The highest BCUT2D eigenvalue weighted by Gasteiger charge is 1.62. The van der Waals surface area contributed by atoms with Crippen molar-refractivity contribution in [1.82, 2.24) is 0 Å². The molecule has 4 heteroatoms. The zero-order valence-electron chi connectivity index (χ0n) is 8.46. The van der Waals surface area contributed by atoms with E-state index < -0.39 is 0 Å². The van der Waals surface area contributed by atoms with Gasteiger partial charge in [-0.2, -0.15) is 5.26 Å². The van der Waals surface area contributed by atoms with Crippen molar-refractivity contribution in [2.75, 3.05) is 13.7 Å². The van der Waals surface area contributed by atoms with Gasteiger partial charge in [-0.1, -0.05) is 0 Å². The first-order valence-electron chi connectivity index (χ1n) is 3.40. The van der Waals surface area contributed by atoms with Crippen LogP contribution >= 0.6 is 0 Å². The third-order valence-electron chi connectivity index (χ3n) is 0. The maximum atomic E-state index is 9.44. The fraction of sp³-hybridized carbons (Fsp3) is 0.750. The van der Waals surface area contributed by atoms with Gasteiger partial charge in [0.15, 0.2) is 0 Å². The summed E-state index contributed by atoms with van der Waals surface area (Å²) in [6.45, 7) is 6.42. The highest BCUT2D eigenvalue weighted by atomic mass is 16.2. The van der Waals surface area contributed by atoms with Crippen LogP contribution in [-0.4, -0.2) is 29.7 Å². The number of Topliss-reactive ketones (excluding diaryl/α,β-unsaturated/α-hetero) is 1. The zero-order valence-corrected chi connectivity index (χ0v) is 8.46. The monoisotopic (exact) mass is 177 g/mol. The molecular weight excluding hydrogens is 158 g/mol. The van der Waals surface area contributed by atoms with Gasteiger partial charge in [-0.25, -0.2) is 0 Å². The van der Waals surface area contributed by atoms with E-state index in [0.29, 0.717) is 0 Å². The van der Waals surface area contributed by atoms with E-state index in [1.165, 1.54) is 20.8 Å². The zero-order chi connectivity index (χ0) is 11.0. The van der Waals surface area contributed by atoms with E-state index in [0.717, 1.165) is 7.11 Å². The summed E-state index contributed by atoms with van der Waals surface area (Å²) < 4.78 is 0. The lowest BCUT2D eigenvalue weighted by molar-refractivity contribution is -0.114. The van der Waals surface area contributed by atoms with Gasteiger partial charge in [-0.15, -0.1) is 0 Å². The molecule has 0 bridgehead atoms. The van der Waals surface area contributed by atoms with Gasteiger partial charge < -0.3 is 15.0 Å². The summed E-state index contributed by atoms with van der Waals surface area (Å²) in [5.41, 5.74) is 0. The van der Waals surface area contributed by atoms with Crippen LogP contribution in [0.15, 0.2) is 0 Å². The summed E-state index contributed by atoms with van der Waals surface area (Å²) in [7, 11) is 1.00. The predicted molar refractivity (Wildman–Crippen MR) is 48.5 cm³/mol. The van der Waals surface area contributed by atoms with Crippen molar-refractivity contribution in [3.63, 3.8) is 0 Å². The second-order valence-corrected chi connectivity index (χ2v) is 1.45. The molecule has 0 aliphatic heterocycles.